The lowest BCUT2D eigenvalue weighted by Gasteiger charge is -2.39. The maximum absolute atomic E-state index is 11.5. The number of piperidine rings is 1. The summed E-state index contributed by atoms with van der Waals surface area (Å²) in [6, 6.07) is 5.56. The predicted octanol–water partition coefficient (Wildman–Crippen LogP) is 2.05. The average Bonchev–Trinajstić information content (AvgIpc) is 2.48. The first-order valence-electron chi connectivity index (χ1n) is 7.04. The normalized spacial score (nSPS) is 23.0. The van der Waals surface area contributed by atoms with Crippen LogP contribution in [0.5, 0.6) is 0 Å². The van der Waals surface area contributed by atoms with E-state index < -0.39 is 0 Å². The van der Waals surface area contributed by atoms with Crippen LogP contribution >= 0.6 is 15.9 Å². The highest BCUT2D eigenvalue weighted by Crippen LogP contribution is 2.27. The van der Waals surface area contributed by atoms with Crippen molar-refractivity contribution in [2.75, 3.05) is 20.2 Å². The van der Waals surface area contributed by atoms with Crippen LogP contribution in [0.2, 0.25) is 0 Å². The van der Waals surface area contributed by atoms with Crippen molar-refractivity contribution in [2.24, 2.45) is 5.84 Å². The summed E-state index contributed by atoms with van der Waals surface area (Å²) in [5.41, 5.74) is 3.78. The number of nitrogens with two attached hydrogens (primary N) is 1. The van der Waals surface area contributed by atoms with Crippen molar-refractivity contribution in [1.82, 2.24) is 10.3 Å². The molecule has 1 amide bonds. The molecule has 5 nitrogen and oxygen atoms in total. The molecule has 1 aliphatic heterocycles. The highest BCUT2D eigenvalue weighted by atomic mass is 79.9. The third kappa shape index (κ3) is 4.03. The van der Waals surface area contributed by atoms with Crippen LogP contribution in [-0.2, 0) is 11.3 Å². The molecule has 1 saturated heterocycles. The molecule has 1 unspecified atom stereocenters. The van der Waals surface area contributed by atoms with Gasteiger partial charge in [0.05, 0.1) is 5.60 Å². The van der Waals surface area contributed by atoms with Crippen molar-refractivity contribution in [2.45, 2.75) is 31.9 Å². The summed E-state index contributed by atoms with van der Waals surface area (Å²) in [7, 11) is 1.78. The topological polar surface area (TPSA) is 67.6 Å². The van der Waals surface area contributed by atoms with Crippen molar-refractivity contribution < 1.29 is 9.53 Å². The van der Waals surface area contributed by atoms with Crippen molar-refractivity contribution in [1.29, 1.82) is 0 Å². The molecule has 1 atom stereocenters. The summed E-state index contributed by atoms with van der Waals surface area (Å²) < 4.78 is 6.55. The van der Waals surface area contributed by atoms with E-state index in [2.05, 4.69) is 33.2 Å². The van der Waals surface area contributed by atoms with Crippen LogP contribution in [-0.4, -0.2) is 36.6 Å². The summed E-state index contributed by atoms with van der Waals surface area (Å²) in [6.45, 7) is 4.98. The van der Waals surface area contributed by atoms with Crippen molar-refractivity contribution in [3.05, 3.63) is 33.8 Å². The number of benzene rings is 1. The maximum Gasteiger partial charge on any atom is 0.265 e. The first-order chi connectivity index (χ1) is 9.97. The third-order valence-corrected chi connectivity index (χ3v) is 4.81. The van der Waals surface area contributed by atoms with Gasteiger partial charge < -0.3 is 4.74 Å². The lowest BCUT2D eigenvalue weighted by Crippen LogP contribution is -2.46. The zero-order chi connectivity index (χ0) is 15.5. The van der Waals surface area contributed by atoms with E-state index in [4.69, 9.17) is 10.6 Å². The van der Waals surface area contributed by atoms with Gasteiger partial charge in [-0.25, -0.2) is 5.84 Å². The quantitative estimate of drug-likeness (QED) is 0.492. The summed E-state index contributed by atoms with van der Waals surface area (Å²) in [5, 5.41) is 0. The Kier molecular flexibility index (Phi) is 5.37. The lowest BCUT2D eigenvalue weighted by atomic mass is 9.94. The number of hydrogen-bond donors (Lipinski definition) is 2. The molecule has 0 bridgehead atoms. The minimum absolute atomic E-state index is 0.0654. The van der Waals surface area contributed by atoms with E-state index in [1.165, 1.54) is 0 Å². The number of carbonyl (C=O) groups excluding carboxylic acids is 1. The number of rotatable bonds is 4. The average molecular weight is 356 g/mol. The van der Waals surface area contributed by atoms with Gasteiger partial charge in [-0.3, -0.25) is 15.1 Å². The number of hydrogen-bond acceptors (Lipinski definition) is 4. The Morgan fingerprint density at radius 3 is 2.95 bits per heavy atom. The Balaban J connectivity index is 2.08. The number of likely N-dealkylation sites (tertiary alicyclic amines) is 1. The molecule has 1 fully saturated rings. The Morgan fingerprint density at radius 2 is 2.33 bits per heavy atom. The molecule has 1 aliphatic rings. The van der Waals surface area contributed by atoms with Crippen LogP contribution in [0.4, 0.5) is 0 Å². The van der Waals surface area contributed by atoms with E-state index in [1.54, 1.807) is 19.2 Å². The van der Waals surface area contributed by atoms with Crippen molar-refractivity contribution >= 4 is 21.8 Å². The largest absolute Gasteiger partial charge is 0.377 e. The molecule has 1 aromatic carbocycles. The Bertz CT molecular complexity index is 524. The minimum atomic E-state index is -0.285. The SMILES string of the molecule is COC1(C)CCCN(Cc2ccc(C(=O)NN)cc2Br)C1. The smallest absolute Gasteiger partial charge is 0.265 e. The van der Waals surface area contributed by atoms with E-state index in [0.717, 1.165) is 42.5 Å². The van der Waals surface area contributed by atoms with Gasteiger partial charge >= 0.3 is 0 Å². The fourth-order valence-electron chi connectivity index (χ4n) is 2.75. The van der Waals surface area contributed by atoms with E-state index in [-0.39, 0.29) is 11.5 Å². The van der Waals surface area contributed by atoms with Gasteiger partial charge in [0.25, 0.3) is 5.91 Å². The molecule has 2 rings (SSSR count). The molecular weight excluding hydrogens is 334 g/mol. The molecule has 116 valence electrons. The van der Waals surface area contributed by atoms with Gasteiger partial charge in [0.2, 0.25) is 0 Å². The first-order valence-corrected chi connectivity index (χ1v) is 7.83. The molecule has 6 heteroatoms. The highest BCUT2D eigenvalue weighted by molar-refractivity contribution is 9.10. The molecular formula is C15H22BrN3O2. The maximum atomic E-state index is 11.5. The Morgan fingerprint density at radius 1 is 1.57 bits per heavy atom. The second-order valence-corrected chi connectivity index (χ2v) is 6.60. The lowest BCUT2D eigenvalue weighted by molar-refractivity contribution is -0.0527. The second kappa shape index (κ2) is 6.87. The van der Waals surface area contributed by atoms with Crippen LogP contribution in [0.25, 0.3) is 0 Å². The van der Waals surface area contributed by atoms with E-state index in [1.807, 2.05) is 6.07 Å². The molecule has 0 spiro atoms. The van der Waals surface area contributed by atoms with Gasteiger partial charge in [-0.1, -0.05) is 22.0 Å². The summed E-state index contributed by atoms with van der Waals surface area (Å²) in [4.78, 5) is 13.9. The van der Waals surface area contributed by atoms with Gasteiger partial charge in [0, 0.05) is 30.2 Å². The number of amides is 1. The molecule has 0 aliphatic carbocycles. The van der Waals surface area contributed by atoms with Gasteiger partial charge in [-0.2, -0.15) is 0 Å². The van der Waals surface area contributed by atoms with E-state index in [9.17, 15) is 4.79 Å². The van der Waals surface area contributed by atoms with Crippen LogP contribution in [0.3, 0.4) is 0 Å². The fourth-order valence-corrected chi connectivity index (χ4v) is 3.25. The number of methoxy groups -OCH3 is 1. The van der Waals surface area contributed by atoms with E-state index in [0.29, 0.717) is 5.56 Å². The first kappa shape index (κ1) is 16.4. The summed E-state index contributed by atoms with van der Waals surface area (Å²) in [6.07, 6.45) is 2.23. The Labute approximate surface area is 133 Å². The number of hydrazine groups is 1. The molecule has 3 N–H and O–H groups in total. The second-order valence-electron chi connectivity index (χ2n) is 5.75. The summed E-state index contributed by atoms with van der Waals surface area (Å²) in [5.74, 6) is 4.86. The monoisotopic (exact) mass is 355 g/mol. The number of nitrogen functional groups attached to an aromatic ring is 1. The third-order valence-electron chi connectivity index (χ3n) is 4.07. The molecule has 1 heterocycles. The van der Waals surface area contributed by atoms with Crippen molar-refractivity contribution in [3.63, 3.8) is 0 Å². The summed E-state index contributed by atoms with van der Waals surface area (Å²) >= 11 is 3.54. The standard InChI is InChI=1S/C15H22BrN3O2/c1-15(21-2)6-3-7-19(10-15)9-12-5-4-11(8-13(12)16)14(20)18-17/h4-5,8H,3,6-7,9-10,17H2,1-2H3,(H,18,20). The molecule has 0 aromatic heterocycles. The highest BCUT2D eigenvalue weighted by Gasteiger charge is 2.30. The van der Waals surface area contributed by atoms with Crippen LogP contribution < -0.4 is 11.3 Å². The zero-order valence-electron chi connectivity index (χ0n) is 12.5. The molecule has 0 saturated carbocycles. The molecule has 1 aromatic rings. The van der Waals surface area contributed by atoms with Gasteiger partial charge in [-0.15, -0.1) is 0 Å². The Hall–Kier alpha value is -0.950. The van der Waals surface area contributed by atoms with Crippen LogP contribution in [0.15, 0.2) is 22.7 Å². The minimum Gasteiger partial charge on any atom is -0.377 e. The van der Waals surface area contributed by atoms with Crippen LogP contribution in [0, 0.1) is 0 Å². The van der Waals surface area contributed by atoms with E-state index >= 15 is 0 Å². The van der Waals surface area contributed by atoms with Gasteiger partial charge in [0.1, 0.15) is 0 Å². The number of halogens is 1. The zero-order valence-corrected chi connectivity index (χ0v) is 14.1. The van der Waals surface area contributed by atoms with Gasteiger partial charge in [-0.05, 0) is 44.0 Å². The predicted molar refractivity (Wildman–Crippen MR) is 85.7 cm³/mol. The van der Waals surface area contributed by atoms with Crippen molar-refractivity contribution in [3.8, 4) is 0 Å². The fraction of sp³-hybridized carbons (Fsp3) is 0.533. The number of carbonyl (C=O) groups is 1. The number of nitrogens with zero attached hydrogens (tertiary/aromatic N) is 1. The van der Waals surface area contributed by atoms with Gasteiger partial charge in [0.15, 0.2) is 0 Å². The van der Waals surface area contributed by atoms with Crippen LogP contribution in [0.1, 0.15) is 35.7 Å². The number of ether oxygens (including phenoxy) is 1. The molecule has 21 heavy (non-hydrogen) atoms. The molecule has 0 radical (unpaired) electrons. The number of nitrogens with one attached hydrogen (secondary N) is 1.